The highest BCUT2D eigenvalue weighted by atomic mass is 32.2. The van der Waals surface area contributed by atoms with Crippen LogP contribution in [0.1, 0.15) is 15.9 Å². The Morgan fingerprint density at radius 1 is 1.21 bits per heavy atom. The van der Waals surface area contributed by atoms with Gasteiger partial charge in [-0.05, 0) is 42.8 Å². The number of ether oxygens (including phenoxy) is 1. The fourth-order valence-corrected chi connectivity index (χ4v) is 4.31. The summed E-state index contributed by atoms with van der Waals surface area (Å²) in [6.45, 7) is 2.12. The Hall–Kier alpha value is -2.91. The van der Waals surface area contributed by atoms with Crippen molar-refractivity contribution in [1.82, 2.24) is 9.62 Å². The number of carbonyl (C=O) groups is 2. The smallest absolute Gasteiger partial charge is 0.255 e. The zero-order chi connectivity index (χ0) is 20.3. The second-order valence-electron chi connectivity index (χ2n) is 6.35. The second kappa shape index (κ2) is 7.99. The predicted molar refractivity (Wildman–Crippen MR) is 104 cm³/mol. The molecule has 2 N–H and O–H groups in total. The van der Waals surface area contributed by atoms with Crippen LogP contribution in [0.15, 0.2) is 47.4 Å². The van der Waals surface area contributed by atoms with Crippen LogP contribution in [0.4, 0.5) is 5.69 Å². The Labute approximate surface area is 163 Å². The second-order valence-corrected chi connectivity index (χ2v) is 8.29. The first kappa shape index (κ1) is 19.8. The molecule has 1 fully saturated rings. The molecule has 0 aromatic heterocycles. The molecule has 148 valence electrons. The van der Waals surface area contributed by atoms with Crippen molar-refractivity contribution in [2.24, 2.45) is 0 Å². The van der Waals surface area contributed by atoms with Gasteiger partial charge in [0.1, 0.15) is 5.75 Å². The Kier molecular flexibility index (Phi) is 5.66. The molecule has 1 heterocycles. The largest absolute Gasteiger partial charge is 0.496 e. The molecular formula is C19H21N3O5S. The summed E-state index contributed by atoms with van der Waals surface area (Å²) in [5, 5.41) is 5.29. The molecule has 0 aliphatic carbocycles. The molecule has 0 saturated carbocycles. The molecule has 1 saturated heterocycles. The summed E-state index contributed by atoms with van der Waals surface area (Å²) < 4.78 is 31.9. The molecule has 9 heteroatoms. The van der Waals surface area contributed by atoms with Gasteiger partial charge < -0.3 is 15.4 Å². The van der Waals surface area contributed by atoms with Gasteiger partial charge in [-0.2, -0.15) is 4.31 Å². The molecule has 2 amide bonds. The number of carbonyl (C=O) groups excluding carboxylic acids is 2. The van der Waals surface area contributed by atoms with Crippen molar-refractivity contribution in [3.05, 3.63) is 53.6 Å². The summed E-state index contributed by atoms with van der Waals surface area (Å²) in [4.78, 5) is 24.0. The Morgan fingerprint density at radius 3 is 2.71 bits per heavy atom. The molecule has 3 rings (SSSR count). The van der Waals surface area contributed by atoms with Crippen molar-refractivity contribution in [2.75, 3.05) is 32.1 Å². The monoisotopic (exact) mass is 403 g/mol. The van der Waals surface area contributed by atoms with E-state index >= 15 is 0 Å². The molecule has 8 nitrogen and oxygen atoms in total. The number of rotatable bonds is 5. The van der Waals surface area contributed by atoms with Gasteiger partial charge in [-0.15, -0.1) is 0 Å². The maximum atomic E-state index is 12.8. The zero-order valence-corrected chi connectivity index (χ0v) is 16.4. The van der Waals surface area contributed by atoms with Crippen molar-refractivity contribution < 1.29 is 22.7 Å². The lowest BCUT2D eigenvalue weighted by Gasteiger charge is -2.26. The summed E-state index contributed by atoms with van der Waals surface area (Å²) in [5.41, 5.74) is 1.63. The molecule has 2 aromatic carbocycles. The molecule has 0 radical (unpaired) electrons. The van der Waals surface area contributed by atoms with E-state index in [-0.39, 0.29) is 36.3 Å². The lowest BCUT2D eigenvalue weighted by atomic mass is 10.1. The quantitative estimate of drug-likeness (QED) is 0.785. The molecule has 0 unspecified atom stereocenters. The number of nitrogens with zero attached hydrogens (tertiary/aromatic N) is 1. The predicted octanol–water partition coefficient (Wildman–Crippen LogP) is 1.38. The third-order valence-electron chi connectivity index (χ3n) is 4.40. The van der Waals surface area contributed by atoms with Crippen LogP contribution in [0.2, 0.25) is 0 Å². The van der Waals surface area contributed by atoms with Crippen LogP contribution < -0.4 is 15.4 Å². The van der Waals surface area contributed by atoms with Crippen LogP contribution in [0.25, 0.3) is 0 Å². The first-order valence-corrected chi connectivity index (χ1v) is 10.1. The van der Waals surface area contributed by atoms with Gasteiger partial charge in [-0.3, -0.25) is 9.59 Å². The van der Waals surface area contributed by atoms with Gasteiger partial charge in [0.25, 0.3) is 5.91 Å². The van der Waals surface area contributed by atoms with E-state index in [0.717, 1.165) is 9.87 Å². The van der Waals surface area contributed by atoms with Crippen LogP contribution in [-0.2, 0) is 14.8 Å². The molecule has 0 spiro atoms. The number of piperazine rings is 1. The lowest BCUT2D eigenvalue weighted by Crippen LogP contribution is -2.49. The maximum Gasteiger partial charge on any atom is 0.255 e. The molecule has 0 atom stereocenters. The van der Waals surface area contributed by atoms with Crippen LogP contribution >= 0.6 is 0 Å². The summed E-state index contributed by atoms with van der Waals surface area (Å²) in [6.07, 6.45) is 0. The van der Waals surface area contributed by atoms with Crippen molar-refractivity contribution in [3.8, 4) is 5.75 Å². The minimum Gasteiger partial charge on any atom is -0.496 e. The van der Waals surface area contributed by atoms with Crippen molar-refractivity contribution in [3.63, 3.8) is 0 Å². The highest BCUT2D eigenvalue weighted by molar-refractivity contribution is 7.89. The van der Waals surface area contributed by atoms with Gasteiger partial charge in [0.05, 0.1) is 18.6 Å². The average molecular weight is 403 g/mol. The van der Waals surface area contributed by atoms with Gasteiger partial charge in [0.2, 0.25) is 15.9 Å². The highest BCUT2D eigenvalue weighted by Crippen LogP contribution is 2.22. The van der Waals surface area contributed by atoms with E-state index in [9.17, 15) is 18.0 Å². The number of hydrogen-bond acceptors (Lipinski definition) is 5. The standard InChI is InChI=1S/C19H21N3O5S/c1-13-6-7-14(10-17(13)27-2)19(24)21-15-4-3-5-16(11-15)28(25,26)22-9-8-20-18(23)12-22/h3-7,10-11H,8-9,12H2,1-2H3,(H,20,23)(H,21,24). The Balaban J connectivity index is 1.81. The van der Waals surface area contributed by atoms with Gasteiger partial charge in [-0.25, -0.2) is 8.42 Å². The first-order valence-electron chi connectivity index (χ1n) is 8.64. The highest BCUT2D eigenvalue weighted by Gasteiger charge is 2.29. The topological polar surface area (TPSA) is 105 Å². The molecular weight excluding hydrogens is 382 g/mol. The Morgan fingerprint density at radius 2 is 2.00 bits per heavy atom. The average Bonchev–Trinajstić information content (AvgIpc) is 2.68. The van der Waals surface area contributed by atoms with Crippen molar-refractivity contribution >= 4 is 27.5 Å². The third-order valence-corrected chi connectivity index (χ3v) is 6.24. The van der Waals surface area contributed by atoms with E-state index in [1.54, 1.807) is 30.3 Å². The molecule has 0 bridgehead atoms. The molecule has 2 aromatic rings. The number of nitrogens with one attached hydrogen (secondary N) is 2. The maximum absolute atomic E-state index is 12.8. The normalized spacial score (nSPS) is 15.0. The lowest BCUT2D eigenvalue weighted by molar-refractivity contribution is -0.122. The number of sulfonamides is 1. The number of amides is 2. The van der Waals surface area contributed by atoms with Gasteiger partial charge >= 0.3 is 0 Å². The summed E-state index contributed by atoms with van der Waals surface area (Å²) in [7, 11) is -2.31. The molecule has 1 aliphatic heterocycles. The summed E-state index contributed by atoms with van der Waals surface area (Å²) in [5.74, 6) is -0.134. The van der Waals surface area contributed by atoms with Crippen LogP contribution in [0, 0.1) is 6.92 Å². The third kappa shape index (κ3) is 4.15. The van der Waals surface area contributed by atoms with Crippen LogP contribution in [0.5, 0.6) is 5.75 Å². The number of benzene rings is 2. The van der Waals surface area contributed by atoms with E-state index in [4.69, 9.17) is 4.74 Å². The summed E-state index contributed by atoms with van der Waals surface area (Å²) in [6, 6.07) is 11.0. The fourth-order valence-electron chi connectivity index (χ4n) is 2.87. The van der Waals surface area contributed by atoms with Crippen LogP contribution in [0.3, 0.4) is 0 Å². The van der Waals surface area contributed by atoms with Crippen molar-refractivity contribution in [1.29, 1.82) is 0 Å². The van der Waals surface area contributed by atoms with E-state index < -0.39 is 10.0 Å². The minimum atomic E-state index is -3.83. The van der Waals surface area contributed by atoms with Crippen molar-refractivity contribution in [2.45, 2.75) is 11.8 Å². The fraction of sp³-hybridized carbons (Fsp3) is 0.263. The van der Waals surface area contributed by atoms with Crippen LogP contribution in [-0.4, -0.2) is 51.3 Å². The minimum absolute atomic E-state index is 0.0153. The zero-order valence-electron chi connectivity index (χ0n) is 15.6. The van der Waals surface area contributed by atoms with E-state index in [0.29, 0.717) is 17.0 Å². The number of hydrogen-bond donors (Lipinski definition) is 2. The molecule has 28 heavy (non-hydrogen) atoms. The SMILES string of the molecule is COc1cc(C(=O)Nc2cccc(S(=O)(=O)N3CCNC(=O)C3)c2)ccc1C. The van der Waals surface area contributed by atoms with Gasteiger partial charge in [-0.1, -0.05) is 12.1 Å². The first-order chi connectivity index (χ1) is 13.3. The number of anilines is 1. The van der Waals surface area contributed by atoms with E-state index in [2.05, 4.69) is 10.6 Å². The summed E-state index contributed by atoms with van der Waals surface area (Å²) >= 11 is 0. The van der Waals surface area contributed by atoms with E-state index in [1.165, 1.54) is 19.2 Å². The van der Waals surface area contributed by atoms with Gasteiger partial charge in [0, 0.05) is 24.3 Å². The number of aryl methyl sites for hydroxylation is 1. The van der Waals surface area contributed by atoms with Gasteiger partial charge in [0.15, 0.2) is 0 Å². The molecule has 1 aliphatic rings. The number of methoxy groups -OCH3 is 1. The Bertz CT molecular complexity index is 1020. The van der Waals surface area contributed by atoms with E-state index in [1.807, 2.05) is 6.92 Å².